The Balaban J connectivity index is 1.45. The number of amides is 2. The van der Waals surface area contributed by atoms with Gasteiger partial charge in [-0.2, -0.15) is 0 Å². The largest absolute Gasteiger partial charge is 0.482 e. The van der Waals surface area contributed by atoms with Gasteiger partial charge in [-0.25, -0.2) is 0 Å². The number of carbonyl (C=O) groups excluding carboxylic acids is 3. The Morgan fingerprint density at radius 2 is 1.77 bits per heavy atom. The zero-order chi connectivity index (χ0) is 21.8. The summed E-state index contributed by atoms with van der Waals surface area (Å²) < 4.78 is 5.30. The number of halogens is 1. The molecule has 0 spiro atoms. The van der Waals surface area contributed by atoms with Crippen LogP contribution in [-0.4, -0.2) is 24.2 Å². The third kappa shape index (κ3) is 4.99. The molecule has 31 heavy (non-hydrogen) atoms. The molecule has 0 bridgehead atoms. The number of nitrogens with one attached hydrogen (secondary N) is 2. The smallest absolute Gasteiger partial charge is 0.262 e. The Morgan fingerprint density at radius 1 is 1.00 bits per heavy atom. The first-order valence-corrected chi connectivity index (χ1v) is 9.82. The minimum atomic E-state index is -0.259. The molecule has 2 N–H and O–H groups in total. The molecule has 154 valence electrons. The van der Waals surface area contributed by atoms with E-state index in [2.05, 4.69) is 10.6 Å². The third-order valence-electron chi connectivity index (χ3n) is 4.58. The second kappa shape index (κ2) is 8.85. The van der Waals surface area contributed by atoms with Gasteiger partial charge >= 0.3 is 0 Å². The number of allylic oxidation sites excluding steroid dienone is 1. The van der Waals surface area contributed by atoms with E-state index in [1.54, 1.807) is 66.7 Å². The van der Waals surface area contributed by atoms with Gasteiger partial charge in [0.25, 0.3) is 11.8 Å². The molecule has 2 amide bonds. The Morgan fingerprint density at radius 3 is 2.58 bits per heavy atom. The monoisotopic (exact) mass is 432 g/mol. The van der Waals surface area contributed by atoms with E-state index in [1.807, 2.05) is 6.07 Å². The van der Waals surface area contributed by atoms with Crippen LogP contribution in [0.25, 0.3) is 6.08 Å². The number of carbonyl (C=O) groups is 3. The van der Waals surface area contributed by atoms with Gasteiger partial charge in [0.15, 0.2) is 12.4 Å². The first-order chi connectivity index (χ1) is 15.0. The van der Waals surface area contributed by atoms with Crippen LogP contribution in [0.4, 0.5) is 11.4 Å². The van der Waals surface area contributed by atoms with Crippen LogP contribution in [-0.2, 0) is 4.79 Å². The van der Waals surface area contributed by atoms with Gasteiger partial charge in [0.1, 0.15) is 5.75 Å². The Bertz CT molecular complexity index is 1200. The molecule has 0 unspecified atom stereocenters. The summed E-state index contributed by atoms with van der Waals surface area (Å²) in [6.07, 6.45) is 3.10. The van der Waals surface area contributed by atoms with Crippen molar-refractivity contribution < 1.29 is 19.1 Å². The second-order valence-corrected chi connectivity index (χ2v) is 7.27. The summed E-state index contributed by atoms with van der Waals surface area (Å²) in [6.45, 7) is -0.0366. The van der Waals surface area contributed by atoms with Gasteiger partial charge in [-0.15, -0.1) is 0 Å². The predicted octanol–water partition coefficient (Wildman–Crippen LogP) is 4.82. The highest BCUT2D eigenvalue weighted by Crippen LogP contribution is 2.28. The van der Waals surface area contributed by atoms with Crippen molar-refractivity contribution >= 4 is 46.6 Å². The van der Waals surface area contributed by atoms with Crippen molar-refractivity contribution in [3.8, 4) is 5.75 Å². The molecule has 1 aliphatic rings. The van der Waals surface area contributed by atoms with E-state index in [0.29, 0.717) is 33.3 Å². The summed E-state index contributed by atoms with van der Waals surface area (Å²) in [5, 5.41) is 6.06. The average molecular weight is 433 g/mol. The minimum Gasteiger partial charge on any atom is -0.482 e. The van der Waals surface area contributed by atoms with E-state index in [-0.39, 0.29) is 24.2 Å². The van der Waals surface area contributed by atoms with E-state index < -0.39 is 0 Å². The number of ketones is 1. The highest BCUT2D eigenvalue weighted by atomic mass is 35.5. The van der Waals surface area contributed by atoms with Crippen molar-refractivity contribution in [2.75, 3.05) is 17.2 Å². The highest BCUT2D eigenvalue weighted by molar-refractivity contribution is 6.30. The van der Waals surface area contributed by atoms with Crippen LogP contribution in [0.15, 0.2) is 72.8 Å². The van der Waals surface area contributed by atoms with Gasteiger partial charge in [-0.05, 0) is 66.2 Å². The lowest BCUT2D eigenvalue weighted by molar-refractivity contribution is -0.118. The summed E-state index contributed by atoms with van der Waals surface area (Å²) in [7, 11) is 0. The number of benzene rings is 3. The van der Waals surface area contributed by atoms with Gasteiger partial charge in [0.05, 0.1) is 5.69 Å². The minimum absolute atomic E-state index is 0.0366. The number of anilines is 2. The number of hydrogen-bond acceptors (Lipinski definition) is 4. The van der Waals surface area contributed by atoms with Crippen LogP contribution >= 0.6 is 11.6 Å². The topological polar surface area (TPSA) is 84.5 Å². The maximum atomic E-state index is 12.5. The summed E-state index contributed by atoms with van der Waals surface area (Å²) in [4.78, 5) is 36.4. The molecule has 0 saturated carbocycles. The molecule has 1 aliphatic heterocycles. The van der Waals surface area contributed by atoms with Crippen LogP contribution < -0.4 is 15.4 Å². The number of ether oxygens (including phenoxy) is 1. The Labute approximate surface area is 183 Å². The van der Waals surface area contributed by atoms with Gasteiger partial charge in [-0.3, -0.25) is 14.4 Å². The fourth-order valence-electron chi connectivity index (χ4n) is 3.03. The SMILES string of the molecule is O=C1COc2ccc(C(=O)/C=C/c3cccc(NC(=O)c4ccc(Cl)cc4)c3)cc2N1. The molecule has 6 nitrogen and oxygen atoms in total. The molecule has 0 fully saturated rings. The fraction of sp³-hybridized carbons (Fsp3) is 0.0417. The van der Waals surface area contributed by atoms with Gasteiger partial charge < -0.3 is 15.4 Å². The maximum absolute atomic E-state index is 12.5. The summed E-state index contributed by atoms with van der Waals surface area (Å²) in [5.41, 5.74) is 2.74. The van der Waals surface area contributed by atoms with Crippen molar-refractivity contribution in [1.29, 1.82) is 0 Å². The highest BCUT2D eigenvalue weighted by Gasteiger charge is 2.17. The molecule has 0 aliphatic carbocycles. The van der Waals surface area contributed by atoms with E-state index in [9.17, 15) is 14.4 Å². The van der Waals surface area contributed by atoms with Crippen molar-refractivity contribution in [3.05, 3.63) is 94.5 Å². The molecular formula is C24H17ClN2O4. The fourth-order valence-corrected chi connectivity index (χ4v) is 3.16. The lowest BCUT2D eigenvalue weighted by Crippen LogP contribution is -2.25. The van der Waals surface area contributed by atoms with Crippen molar-refractivity contribution in [3.63, 3.8) is 0 Å². The quantitative estimate of drug-likeness (QED) is 0.447. The molecule has 0 aromatic heterocycles. The van der Waals surface area contributed by atoms with E-state index >= 15 is 0 Å². The van der Waals surface area contributed by atoms with Crippen molar-refractivity contribution in [1.82, 2.24) is 0 Å². The van der Waals surface area contributed by atoms with Crippen molar-refractivity contribution in [2.45, 2.75) is 0 Å². The maximum Gasteiger partial charge on any atom is 0.262 e. The van der Waals surface area contributed by atoms with E-state index in [0.717, 1.165) is 5.56 Å². The third-order valence-corrected chi connectivity index (χ3v) is 4.83. The molecule has 0 saturated heterocycles. The standard InChI is InChI=1S/C24H17ClN2O4/c25-18-8-5-16(6-9-18)24(30)26-19-3-1-2-15(12-19)4-10-21(28)17-7-11-22-20(13-17)27-23(29)14-31-22/h1-13H,14H2,(H,26,30)(H,27,29)/b10-4+. The van der Waals surface area contributed by atoms with E-state index in [4.69, 9.17) is 16.3 Å². The summed E-state index contributed by atoms with van der Waals surface area (Å²) in [6, 6.07) is 18.6. The average Bonchev–Trinajstić information content (AvgIpc) is 2.77. The molecule has 7 heteroatoms. The lowest BCUT2D eigenvalue weighted by atomic mass is 10.1. The molecular weight excluding hydrogens is 416 g/mol. The zero-order valence-electron chi connectivity index (χ0n) is 16.2. The number of fused-ring (bicyclic) bond motifs is 1. The van der Waals surface area contributed by atoms with Crippen LogP contribution in [0.5, 0.6) is 5.75 Å². The Kier molecular flexibility index (Phi) is 5.82. The van der Waals surface area contributed by atoms with Crippen LogP contribution in [0, 0.1) is 0 Å². The molecule has 0 atom stereocenters. The van der Waals surface area contributed by atoms with Gasteiger partial charge in [0.2, 0.25) is 0 Å². The first kappa shape index (κ1) is 20.4. The van der Waals surface area contributed by atoms with E-state index in [1.165, 1.54) is 6.08 Å². The zero-order valence-corrected chi connectivity index (χ0v) is 17.0. The van der Waals surface area contributed by atoms with Crippen LogP contribution in [0.2, 0.25) is 5.02 Å². The lowest BCUT2D eigenvalue weighted by Gasteiger charge is -2.17. The van der Waals surface area contributed by atoms with Crippen LogP contribution in [0.3, 0.4) is 0 Å². The molecule has 3 aromatic carbocycles. The molecule has 3 aromatic rings. The normalized spacial score (nSPS) is 12.6. The predicted molar refractivity (Wildman–Crippen MR) is 120 cm³/mol. The molecule has 1 heterocycles. The number of hydrogen-bond donors (Lipinski definition) is 2. The molecule has 4 rings (SSSR count). The summed E-state index contributed by atoms with van der Waals surface area (Å²) in [5.74, 6) is -0.209. The van der Waals surface area contributed by atoms with Gasteiger partial charge in [0, 0.05) is 21.8 Å². The first-order valence-electron chi connectivity index (χ1n) is 9.44. The number of rotatable bonds is 5. The summed E-state index contributed by atoms with van der Waals surface area (Å²) >= 11 is 5.85. The van der Waals surface area contributed by atoms with Crippen LogP contribution in [0.1, 0.15) is 26.3 Å². The second-order valence-electron chi connectivity index (χ2n) is 6.83. The van der Waals surface area contributed by atoms with Crippen molar-refractivity contribution in [2.24, 2.45) is 0 Å². The Hall–Kier alpha value is -3.90. The van der Waals surface area contributed by atoms with Gasteiger partial charge in [-0.1, -0.05) is 29.8 Å². The molecule has 0 radical (unpaired) electrons.